The van der Waals surface area contributed by atoms with Gasteiger partial charge in [-0.15, -0.1) is 11.3 Å². The molecule has 4 nitrogen and oxygen atoms in total. The third-order valence-electron chi connectivity index (χ3n) is 3.27. The molecule has 118 valence electrons. The van der Waals surface area contributed by atoms with E-state index in [4.69, 9.17) is 16.3 Å². The van der Waals surface area contributed by atoms with E-state index in [1.807, 2.05) is 35.7 Å². The molecule has 0 saturated heterocycles. The van der Waals surface area contributed by atoms with E-state index in [1.54, 1.807) is 22.1 Å². The average Bonchev–Trinajstić information content (AvgIpc) is 3.15. The Bertz CT molecular complexity index is 859. The molecule has 3 rings (SSSR count). The molecule has 0 amide bonds. The Morgan fingerprint density at radius 2 is 2.17 bits per heavy atom. The summed E-state index contributed by atoms with van der Waals surface area (Å²) in [5.74, 6) is -0.459. The third kappa shape index (κ3) is 3.49. The summed E-state index contributed by atoms with van der Waals surface area (Å²) in [7, 11) is 1.34. The predicted octanol–water partition coefficient (Wildman–Crippen LogP) is 4.86. The van der Waals surface area contributed by atoms with E-state index in [0.717, 1.165) is 20.6 Å². The lowest BCUT2D eigenvalue weighted by molar-refractivity contribution is 0.0593. The Kier molecular flexibility index (Phi) is 4.84. The number of carbonyl (C=O) groups is 1. The van der Waals surface area contributed by atoms with Crippen molar-refractivity contribution in [1.29, 1.82) is 0 Å². The minimum Gasteiger partial charge on any atom is -0.464 e. The quantitative estimate of drug-likeness (QED) is 0.576. The Balaban J connectivity index is 2.05. The number of carbonyl (C=O) groups excluding carboxylic acids is 1. The van der Waals surface area contributed by atoms with E-state index in [1.165, 1.54) is 7.11 Å². The second-order valence-electron chi connectivity index (χ2n) is 4.78. The molecule has 0 unspecified atom stereocenters. The zero-order valence-electron chi connectivity index (χ0n) is 12.1. The van der Waals surface area contributed by atoms with Crippen molar-refractivity contribution in [3.05, 3.63) is 62.5 Å². The van der Waals surface area contributed by atoms with E-state index < -0.39 is 5.97 Å². The highest BCUT2D eigenvalue weighted by Crippen LogP contribution is 2.31. The SMILES string of the molecule is COC(=O)c1cc(-c2cc(Br)cs2)n(Cc2ccccc2Cl)n1. The monoisotopic (exact) mass is 410 g/mol. The summed E-state index contributed by atoms with van der Waals surface area (Å²) in [6.07, 6.45) is 0. The molecule has 2 heterocycles. The van der Waals surface area contributed by atoms with Gasteiger partial charge in [-0.1, -0.05) is 29.8 Å². The number of aromatic nitrogens is 2. The van der Waals surface area contributed by atoms with Crippen LogP contribution in [0.1, 0.15) is 16.1 Å². The third-order valence-corrected chi connectivity index (χ3v) is 5.35. The Morgan fingerprint density at radius 3 is 2.83 bits per heavy atom. The van der Waals surface area contributed by atoms with Crippen LogP contribution in [0.25, 0.3) is 10.6 Å². The van der Waals surface area contributed by atoms with Gasteiger partial charge in [0.05, 0.1) is 24.2 Å². The zero-order chi connectivity index (χ0) is 16.4. The molecule has 0 fully saturated rings. The molecular weight excluding hydrogens is 400 g/mol. The van der Waals surface area contributed by atoms with Gasteiger partial charge in [-0.2, -0.15) is 5.10 Å². The molecule has 23 heavy (non-hydrogen) atoms. The van der Waals surface area contributed by atoms with E-state index in [9.17, 15) is 4.79 Å². The number of esters is 1. The van der Waals surface area contributed by atoms with Gasteiger partial charge < -0.3 is 4.74 Å². The maximum absolute atomic E-state index is 11.8. The second kappa shape index (κ2) is 6.86. The van der Waals surface area contributed by atoms with Gasteiger partial charge >= 0.3 is 5.97 Å². The number of benzene rings is 1. The second-order valence-corrected chi connectivity index (χ2v) is 7.02. The first-order chi connectivity index (χ1) is 11.1. The van der Waals surface area contributed by atoms with Crippen LogP contribution in [-0.4, -0.2) is 22.9 Å². The maximum Gasteiger partial charge on any atom is 0.358 e. The summed E-state index contributed by atoms with van der Waals surface area (Å²) >= 11 is 11.3. The summed E-state index contributed by atoms with van der Waals surface area (Å²) in [5, 5.41) is 7.03. The molecule has 1 aromatic carbocycles. The normalized spacial score (nSPS) is 10.7. The standard InChI is InChI=1S/C16H12BrClN2O2S/c1-22-16(21)13-7-14(15-6-11(17)9-23-15)20(19-13)8-10-4-2-3-5-12(10)18/h2-7,9H,8H2,1H3. The first kappa shape index (κ1) is 16.2. The van der Waals surface area contributed by atoms with E-state index in [0.29, 0.717) is 11.6 Å². The van der Waals surface area contributed by atoms with E-state index >= 15 is 0 Å². The van der Waals surface area contributed by atoms with Gasteiger partial charge in [0.2, 0.25) is 0 Å². The minimum absolute atomic E-state index is 0.277. The summed E-state index contributed by atoms with van der Waals surface area (Å²) in [5.41, 5.74) is 2.06. The van der Waals surface area contributed by atoms with Crippen LogP contribution in [0.3, 0.4) is 0 Å². The lowest BCUT2D eigenvalue weighted by atomic mass is 10.2. The molecule has 7 heteroatoms. The molecule has 0 radical (unpaired) electrons. The van der Waals surface area contributed by atoms with Gasteiger partial charge in [0.1, 0.15) is 0 Å². The highest BCUT2D eigenvalue weighted by atomic mass is 79.9. The van der Waals surface area contributed by atoms with E-state index in [-0.39, 0.29) is 5.69 Å². The van der Waals surface area contributed by atoms with Crippen LogP contribution in [0, 0.1) is 0 Å². The predicted molar refractivity (Wildman–Crippen MR) is 95.1 cm³/mol. The van der Waals surface area contributed by atoms with Crippen molar-refractivity contribution >= 4 is 44.8 Å². The van der Waals surface area contributed by atoms with Crippen LogP contribution in [0.2, 0.25) is 5.02 Å². The van der Waals surface area contributed by atoms with Gasteiger partial charge in [0.25, 0.3) is 0 Å². The molecule has 0 aliphatic carbocycles. The number of thiophene rings is 1. The summed E-state index contributed by atoms with van der Waals surface area (Å²) < 4.78 is 7.53. The fourth-order valence-electron chi connectivity index (χ4n) is 2.18. The molecule has 0 saturated carbocycles. The van der Waals surface area contributed by atoms with Crippen LogP contribution in [0.15, 0.2) is 46.3 Å². The van der Waals surface area contributed by atoms with E-state index in [2.05, 4.69) is 21.0 Å². The highest BCUT2D eigenvalue weighted by Gasteiger charge is 2.17. The van der Waals surface area contributed by atoms with Crippen molar-refractivity contribution in [3.63, 3.8) is 0 Å². The Labute approximate surface area is 150 Å². The lowest BCUT2D eigenvalue weighted by Crippen LogP contribution is -2.07. The van der Waals surface area contributed by atoms with Crippen LogP contribution in [0.5, 0.6) is 0 Å². The Hall–Kier alpha value is -1.63. The largest absolute Gasteiger partial charge is 0.464 e. The van der Waals surface area contributed by atoms with Crippen molar-refractivity contribution in [2.24, 2.45) is 0 Å². The molecule has 3 aromatic rings. The number of nitrogens with zero attached hydrogens (tertiary/aromatic N) is 2. The number of hydrogen-bond acceptors (Lipinski definition) is 4. The Morgan fingerprint density at radius 1 is 1.39 bits per heavy atom. The fourth-order valence-corrected chi connectivity index (χ4v) is 3.82. The van der Waals surface area contributed by atoms with Crippen molar-refractivity contribution in [3.8, 4) is 10.6 Å². The van der Waals surface area contributed by atoms with Gasteiger partial charge in [0.15, 0.2) is 5.69 Å². The average molecular weight is 412 g/mol. The topological polar surface area (TPSA) is 44.1 Å². The number of rotatable bonds is 4. The van der Waals surface area contributed by atoms with Crippen molar-refractivity contribution in [2.45, 2.75) is 6.54 Å². The first-order valence-corrected chi connectivity index (χ1v) is 8.77. The number of halogens is 2. The van der Waals surface area contributed by atoms with Gasteiger partial charge in [-0.3, -0.25) is 4.68 Å². The van der Waals surface area contributed by atoms with Crippen molar-refractivity contribution < 1.29 is 9.53 Å². The molecule has 0 spiro atoms. The molecule has 0 N–H and O–H groups in total. The summed E-state index contributed by atoms with van der Waals surface area (Å²) in [4.78, 5) is 12.8. The molecule has 2 aromatic heterocycles. The van der Waals surface area contributed by atoms with Gasteiger partial charge in [0, 0.05) is 14.9 Å². The summed E-state index contributed by atoms with van der Waals surface area (Å²) in [6.45, 7) is 0.474. The number of ether oxygens (including phenoxy) is 1. The number of methoxy groups -OCH3 is 1. The number of hydrogen-bond donors (Lipinski definition) is 0. The van der Waals surface area contributed by atoms with Gasteiger partial charge in [-0.25, -0.2) is 4.79 Å². The zero-order valence-corrected chi connectivity index (χ0v) is 15.3. The molecular formula is C16H12BrClN2O2S. The highest BCUT2D eigenvalue weighted by molar-refractivity contribution is 9.10. The van der Waals surface area contributed by atoms with Crippen molar-refractivity contribution in [2.75, 3.05) is 7.11 Å². The maximum atomic E-state index is 11.8. The molecule has 0 bridgehead atoms. The smallest absolute Gasteiger partial charge is 0.358 e. The molecule has 0 aliphatic rings. The summed E-state index contributed by atoms with van der Waals surface area (Å²) in [6, 6.07) is 11.3. The van der Waals surface area contributed by atoms with Crippen LogP contribution in [-0.2, 0) is 11.3 Å². The fraction of sp³-hybridized carbons (Fsp3) is 0.125. The van der Waals surface area contributed by atoms with Crippen LogP contribution < -0.4 is 0 Å². The first-order valence-electron chi connectivity index (χ1n) is 6.72. The minimum atomic E-state index is -0.459. The van der Waals surface area contributed by atoms with Crippen LogP contribution in [0.4, 0.5) is 0 Å². The van der Waals surface area contributed by atoms with Crippen molar-refractivity contribution in [1.82, 2.24) is 9.78 Å². The molecule has 0 aliphatic heterocycles. The lowest BCUT2D eigenvalue weighted by Gasteiger charge is -2.07. The van der Waals surface area contributed by atoms with Crippen LogP contribution >= 0.6 is 38.9 Å². The molecule has 0 atom stereocenters. The van der Waals surface area contributed by atoms with Gasteiger partial charge in [-0.05, 0) is 39.7 Å².